The molecule has 0 bridgehead atoms. The molecule has 4 heteroatoms. The molecule has 0 aromatic carbocycles. The fraction of sp³-hybridized carbons (Fsp3) is 0.471. The molecule has 0 amide bonds. The van der Waals surface area contributed by atoms with E-state index in [1.165, 1.54) is 4.88 Å². The van der Waals surface area contributed by atoms with Crippen LogP contribution >= 0.6 is 11.3 Å². The van der Waals surface area contributed by atoms with Gasteiger partial charge in [0.2, 0.25) is 0 Å². The molecule has 0 radical (unpaired) electrons. The molecular weight excluding hydrogens is 278 g/mol. The summed E-state index contributed by atoms with van der Waals surface area (Å²) in [4.78, 5) is 8.37. The Morgan fingerprint density at radius 3 is 2.67 bits per heavy atom. The highest BCUT2D eigenvalue weighted by atomic mass is 32.1. The molecule has 2 aromatic heterocycles. The van der Waals surface area contributed by atoms with Gasteiger partial charge in [0.25, 0.3) is 0 Å². The minimum absolute atomic E-state index is 0.344. The van der Waals surface area contributed by atoms with E-state index in [1.807, 2.05) is 0 Å². The number of rotatable bonds is 7. The van der Waals surface area contributed by atoms with Crippen LogP contribution in [0.25, 0.3) is 0 Å². The van der Waals surface area contributed by atoms with E-state index in [9.17, 15) is 0 Å². The van der Waals surface area contributed by atoms with E-state index >= 15 is 0 Å². The summed E-state index contributed by atoms with van der Waals surface area (Å²) in [6.07, 6.45) is 0. The van der Waals surface area contributed by atoms with Crippen LogP contribution in [0.5, 0.6) is 0 Å². The Kier molecular flexibility index (Phi) is 5.76. The molecule has 1 N–H and O–H groups in total. The van der Waals surface area contributed by atoms with Crippen LogP contribution in [0.15, 0.2) is 35.7 Å². The summed E-state index contributed by atoms with van der Waals surface area (Å²) >= 11 is 1.79. The zero-order valence-corrected chi connectivity index (χ0v) is 14.2. The van der Waals surface area contributed by atoms with Gasteiger partial charge in [-0.25, -0.2) is 4.98 Å². The van der Waals surface area contributed by atoms with Crippen LogP contribution in [-0.2, 0) is 6.54 Å². The summed E-state index contributed by atoms with van der Waals surface area (Å²) in [5.74, 6) is 1.69. The highest BCUT2D eigenvalue weighted by Gasteiger charge is 2.14. The van der Waals surface area contributed by atoms with Crippen LogP contribution in [0.1, 0.15) is 37.4 Å². The van der Waals surface area contributed by atoms with Crippen LogP contribution in [0.2, 0.25) is 0 Å². The van der Waals surface area contributed by atoms with Gasteiger partial charge >= 0.3 is 0 Å². The van der Waals surface area contributed by atoms with Crippen molar-refractivity contribution in [2.75, 3.05) is 18.5 Å². The molecule has 21 heavy (non-hydrogen) atoms. The van der Waals surface area contributed by atoms with Crippen molar-refractivity contribution < 1.29 is 0 Å². The first-order valence-corrected chi connectivity index (χ1v) is 8.38. The molecule has 0 aliphatic rings. The number of hydrogen-bond donors (Lipinski definition) is 1. The lowest BCUT2D eigenvalue weighted by Gasteiger charge is -2.25. The highest BCUT2D eigenvalue weighted by molar-refractivity contribution is 7.10. The number of hydrogen-bond acceptors (Lipinski definition) is 4. The van der Waals surface area contributed by atoms with Gasteiger partial charge in [-0.3, -0.25) is 0 Å². The van der Waals surface area contributed by atoms with Crippen molar-refractivity contribution in [3.05, 3.63) is 46.3 Å². The lowest BCUT2D eigenvalue weighted by molar-refractivity contribution is 0.548. The van der Waals surface area contributed by atoms with E-state index in [1.54, 1.807) is 11.3 Å². The Morgan fingerprint density at radius 2 is 2.00 bits per heavy atom. The van der Waals surface area contributed by atoms with Crippen molar-refractivity contribution in [2.24, 2.45) is 5.92 Å². The Labute approximate surface area is 132 Å². The third kappa shape index (κ3) is 4.55. The average molecular weight is 303 g/mol. The molecule has 114 valence electrons. The summed E-state index contributed by atoms with van der Waals surface area (Å²) in [5, 5.41) is 5.57. The van der Waals surface area contributed by atoms with E-state index in [4.69, 9.17) is 4.98 Å². The maximum atomic E-state index is 4.77. The fourth-order valence-electron chi connectivity index (χ4n) is 2.17. The average Bonchev–Trinajstić information content (AvgIpc) is 3.00. The second-order valence-corrected chi connectivity index (χ2v) is 6.79. The standard InChI is InChI=1S/C17H25N3S/c1-13(2)11-18-12-15-7-5-9-17(19-15)20(4)14(3)16-8-6-10-21-16/h5-10,13-14,18H,11-12H2,1-4H3. The largest absolute Gasteiger partial charge is 0.352 e. The van der Waals surface area contributed by atoms with E-state index in [-0.39, 0.29) is 0 Å². The third-order valence-electron chi connectivity index (χ3n) is 3.55. The maximum Gasteiger partial charge on any atom is 0.129 e. The van der Waals surface area contributed by atoms with E-state index in [0.717, 1.165) is 24.6 Å². The van der Waals surface area contributed by atoms with Gasteiger partial charge in [0.05, 0.1) is 11.7 Å². The summed E-state index contributed by atoms with van der Waals surface area (Å²) in [5.41, 5.74) is 1.10. The molecule has 0 aliphatic heterocycles. The topological polar surface area (TPSA) is 28.2 Å². The first-order valence-electron chi connectivity index (χ1n) is 7.51. The molecule has 2 aromatic rings. The zero-order chi connectivity index (χ0) is 15.2. The summed E-state index contributed by atoms with van der Waals surface area (Å²) in [6.45, 7) is 8.50. The molecule has 0 saturated carbocycles. The first-order chi connectivity index (χ1) is 10.1. The Morgan fingerprint density at radius 1 is 1.19 bits per heavy atom. The smallest absolute Gasteiger partial charge is 0.129 e. The normalized spacial score (nSPS) is 12.6. The summed E-state index contributed by atoms with van der Waals surface area (Å²) in [6, 6.07) is 10.9. The van der Waals surface area contributed by atoms with E-state index in [0.29, 0.717) is 12.0 Å². The van der Waals surface area contributed by atoms with Crippen LogP contribution in [-0.4, -0.2) is 18.6 Å². The molecule has 1 unspecified atom stereocenters. The minimum Gasteiger partial charge on any atom is -0.352 e. The lowest BCUT2D eigenvalue weighted by Crippen LogP contribution is -2.23. The van der Waals surface area contributed by atoms with Gasteiger partial charge in [-0.1, -0.05) is 26.0 Å². The number of anilines is 1. The molecule has 0 aliphatic carbocycles. The van der Waals surface area contributed by atoms with Gasteiger partial charge in [-0.2, -0.15) is 0 Å². The number of aromatic nitrogens is 1. The second-order valence-electron chi connectivity index (χ2n) is 5.81. The fourth-order valence-corrected chi connectivity index (χ4v) is 3.00. The van der Waals surface area contributed by atoms with Gasteiger partial charge in [0.15, 0.2) is 0 Å². The molecule has 0 fully saturated rings. The Bertz CT molecular complexity index is 537. The van der Waals surface area contributed by atoms with Crippen LogP contribution in [0.4, 0.5) is 5.82 Å². The molecule has 1 atom stereocenters. The van der Waals surface area contributed by atoms with Crippen LogP contribution in [0, 0.1) is 5.92 Å². The molecular formula is C17H25N3S. The van der Waals surface area contributed by atoms with Crippen molar-refractivity contribution >= 4 is 17.2 Å². The predicted octanol–water partition coefficient (Wildman–Crippen LogP) is 4.09. The van der Waals surface area contributed by atoms with Crippen molar-refractivity contribution in [3.8, 4) is 0 Å². The van der Waals surface area contributed by atoms with Crippen molar-refractivity contribution in [3.63, 3.8) is 0 Å². The summed E-state index contributed by atoms with van der Waals surface area (Å²) < 4.78 is 0. The van der Waals surface area contributed by atoms with Gasteiger partial charge in [-0.05, 0) is 43.0 Å². The molecule has 3 nitrogen and oxygen atoms in total. The molecule has 2 heterocycles. The van der Waals surface area contributed by atoms with Gasteiger partial charge in [-0.15, -0.1) is 11.3 Å². The zero-order valence-electron chi connectivity index (χ0n) is 13.3. The van der Waals surface area contributed by atoms with Crippen LogP contribution < -0.4 is 10.2 Å². The van der Waals surface area contributed by atoms with Gasteiger partial charge in [0, 0.05) is 18.5 Å². The Balaban J connectivity index is 2.02. The number of thiophene rings is 1. The molecule has 0 saturated heterocycles. The first kappa shape index (κ1) is 16.0. The number of nitrogens with zero attached hydrogens (tertiary/aromatic N) is 2. The maximum absolute atomic E-state index is 4.77. The SMILES string of the molecule is CC(C)CNCc1cccc(N(C)C(C)c2cccs2)n1. The monoisotopic (exact) mass is 303 g/mol. The number of nitrogens with one attached hydrogen (secondary N) is 1. The van der Waals surface area contributed by atoms with Crippen molar-refractivity contribution in [1.82, 2.24) is 10.3 Å². The van der Waals surface area contributed by atoms with Gasteiger partial charge < -0.3 is 10.2 Å². The molecule has 0 spiro atoms. The van der Waals surface area contributed by atoms with E-state index in [2.05, 4.69) is 73.7 Å². The lowest BCUT2D eigenvalue weighted by atomic mass is 10.2. The van der Waals surface area contributed by atoms with Crippen LogP contribution in [0.3, 0.4) is 0 Å². The summed E-state index contributed by atoms with van der Waals surface area (Å²) in [7, 11) is 2.11. The van der Waals surface area contributed by atoms with Crippen molar-refractivity contribution in [1.29, 1.82) is 0 Å². The van der Waals surface area contributed by atoms with E-state index < -0.39 is 0 Å². The minimum atomic E-state index is 0.344. The van der Waals surface area contributed by atoms with Gasteiger partial charge in [0.1, 0.15) is 5.82 Å². The molecule has 2 rings (SSSR count). The second kappa shape index (κ2) is 7.57. The third-order valence-corrected chi connectivity index (χ3v) is 4.59. The van der Waals surface area contributed by atoms with Crippen molar-refractivity contribution in [2.45, 2.75) is 33.4 Å². The predicted molar refractivity (Wildman–Crippen MR) is 91.9 cm³/mol. The quantitative estimate of drug-likeness (QED) is 0.835. The number of pyridine rings is 1. The highest BCUT2D eigenvalue weighted by Crippen LogP contribution is 2.26. The Hall–Kier alpha value is -1.39.